The highest BCUT2D eigenvalue weighted by atomic mass is 16.6. The number of carboxylic acid groups (broad SMARTS) is 1. The molecule has 0 aliphatic carbocycles. The van der Waals surface area contributed by atoms with E-state index in [0.29, 0.717) is 10.5 Å². The van der Waals surface area contributed by atoms with E-state index in [1.807, 2.05) is 0 Å². The number of carbonyl (C=O) groups is 3. The van der Waals surface area contributed by atoms with Crippen molar-refractivity contribution in [2.45, 2.75) is 25.4 Å². The number of rotatable bonds is 4. The Morgan fingerprint density at radius 3 is 2.36 bits per heavy atom. The number of amides is 3. The van der Waals surface area contributed by atoms with Crippen LogP contribution in [0.15, 0.2) is 24.3 Å². The predicted octanol–water partition coefficient (Wildman–Crippen LogP) is 0.835. The number of imide groups is 1. The molecule has 1 aromatic rings. The van der Waals surface area contributed by atoms with Gasteiger partial charge in [0.1, 0.15) is 11.6 Å². The number of benzene rings is 1. The van der Waals surface area contributed by atoms with E-state index in [2.05, 4.69) is 5.32 Å². The second kappa shape index (κ2) is 5.10. The zero-order valence-electron chi connectivity index (χ0n) is 11.8. The SMILES string of the molecule is CC(C(=O)O)N1C(=O)NC(C)(c2ccc([N+](=O)[O-])cc2)C1=O. The fraction of sp³-hybridized carbons (Fsp3) is 0.308. The fourth-order valence-corrected chi connectivity index (χ4v) is 2.24. The number of nitro groups is 1. The first kappa shape index (κ1) is 15.4. The van der Waals surface area contributed by atoms with Crippen LogP contribution in [-0.2, 0) is 15.1 Å². The standard InChI is InChI=1S/C13H13N3O6/c1-7(10(17)18)15-11(19)13(2,14-12(15)20)8-3-5-9(6-4-8)16(21)22/h3-7H,1-2H3,(H,14,20)(H,17,18). The molecule has 22 heavy (non-hydrogen) atoms. The largest absolute Gasteiger partial charge is 0.480 e. The molecule has 1 saturated heterocycles. The van der Waals surface area contributed by atoms with Crippen LogP contribution in [0, 0.1) is 10.1 Å². The van der Waals surface area contributed by atoms with Gasteiger partial charge in [0, 0.05) is 12.1 Å². The quantitative estimate of drug-likeness (QED) is 0.481. The third-order valence-corrected chi connectivity index (χ3v) is 3.62. The molecule has 2 N–H and O–H groups in total. The predicted molar refractivity (Wildman–Crippen MR) is 72.9 cm³/mol. The van der Waals surface area contributed by atoms with Gasteiger partial charge in [-0.25, -0.2) is 14.5 Å². The Labute approximate surface area is 124 Å². The molecule has 0 bridgehead atoms. The van der Waals surface area contributed by atoms with E-state index in [0.717, 1.165) is 0 Å². The Hall–Kier alpha value is -2.97. The number of carboxylic acids is 1. The molecule has 1 fully saturated rings. The number of urea groups is 1. The van der Waals surface area contributed by atoms with E-state index in [1.165, 1.54) is 38.1 Å². The molecule has 1 aliphatic rings. The van der Waals surface area contributed by atoms with Gasteiger partial charge in [0.05, 0.1) is 4.92 Å². The maximum atomic E-state index is 12.4. The summed E-state index contributed by atoms with van der Waals surface area (Å²) in [6, 6.07) is 3.00. The summed E-state index contributed by atoms with van der Waals surface area (Å²) in [5.41, 5.74) is -1.29. The molecular weight excluding hydrogens is 294 g/mol. The minimum Gasteiger partial charge on any atom is -0.480 e. The molecular formula is C13H13N3O6. The van der Waals surface area contributed by atoms with Crippen molar-refractivity contribution in [2.24, 2.45) is 0 Å². The average Bonchev–Trinajstić information content (AvgIpc) is 2.69. The zero-order chi connectivity index (χ0) is 16.7. The molecule has 1 heterocycles. The van der Waals surface area contributed by atoms with Crippen molar-refractivity contribution in [1.82, 2.24) is 10.2 Å². The van der Waals surface area contributed by atoms with Gasteiger partial charge in [-0.2, -0.15) is 0 Å². The highest BCUT2D eigenvalue weighted by Gasteiger charge is 2.51. The van der Waals surface area contributed by atoms with Gasteiger partial charge in [-0.1, -0.05) is 0 Å². The number of carbonyl (C=O) groups excluding carboxylic acids is 2. The summed E-state index contributed by atoms with van der Waals surface area (Å²) in [5, 5.41) is 22.0. The van der Waals surface area contributed by atoms with Crippen molar-refractivity contribution in [3.05, 3.63) is 39.9 Å². The highest BCUT2D eigenvalue weighted by Crippen LogP contribution is 2.31. The maximum Gasteiger partial charge on any atom is 0.326 e. The fourth-order valence-electron chi connectivity index (χ4n) is 2.24. The summed E-state index contributed by atoms with van der Waals surface area (Å²) >= 11 is 0. The maximum absolute atomic E-state index is 12.4. The van der Waals surface area contributed by atoms with Crippen LogP contribution in [0.2, 0.25) is 0 Å². The Balaban J connectivity index is 2.38. The summed E-state index contributed by atoms with van der Waals surface area (Å²) in [6.07, 6.45) is 0. The first-order valence-electron chi connectivity index (χ1n) is 6.32. The molecule has 9 nitrogen and oxygen atoms in total. The third-order valence-electron chi connectivity index (χ3n) is 3.62. The topological polar surface area (TPSA) is 130 Å². The molecule has 3 amide bonds. The Morgan fingerprint density at radius 1 is 1.36 bits per heavy atom. The van der Waals surface area contributed by atoms with Gasteiger partial charge in [0.15, 0.2) is 0 Å². The van der Waals surface area contributed by atoms with Crippen LogP contribution in [0.3, 0.4) is 0 Å². The second-order valence-corrected chi connectivity index (χ2v) is 5.05. The van der Waals surface area contributed by atoms with Gasteiger partial charge < -0.3 is 10.4 Å². The Morgan fingerprint density at radius 2 is 1.91 bits per heavy atom. The van der Waals surface area contributed by atoms with Gasteiger partial charge >= 0.3 is 12.0 Å². The van der Waals surface area contributed by atoms with Crippen molar-refractivity contribution in [3.8, 4) is 0 Å². The molecule has 116 valence electrons. The molecule has 0 saturated carbocycles. The van der Waals surface area contributed by atoms with Gasteiger partial charge in [0.25, 0.3) is 11.6 Å². The normalized spacial score (nSPS) is 22.4. The van der Waals surface area contributed by atoms with Crippen molar-refractivity contribution >= 4 is 23.6 Å². The second-order valence-electron chi connectivity index (χ2n) is 5.05. The van der Waals surface area contributed by atoms with Crippen LogP contribution in [-0.4, -0.2) is 38.9 Å². The average molecular weight is 307 g/mol. The Kier molecular flexibility index (Phi) is 3.57. The van der Waals surface area contributed by atoms with Crippen LogP contribution < -0.4 is 5.32 Å². The number of nitrogens with one attached hydrogen (secondary N) is 1. The van der Waals surface area contributed by atoms with Crippen LogP contribution in [0.4, 0.5) is 10.5 Å². The van der Waals surface area contributed by atoms with E-state index in [-0.39, 0.29) is 5.69 Å². The van der Waals surface area contributed by atoms with Gasteiger partial charge in [-0.15, -0.1) is 0 Å². The minimum absolute atomic E-state index is 0.153. The molecule has 9 heteroatoms. The molecule has 1 aliphatic heterocycles. The van der Waals surface area contributed by atoms with Crippen LogP contribution in [0.5, 0.6) is 0 Å². The van der Waals surface area contributed by atoms with Crippen LogP contribution >= 0.6 is 0 Å². The molecule has 2 unspecified atom stereocenters. The lowest BCUT2D eigenvalue weighted by Gasteiger charge is -2.23. The summed E-state index contributed by atoms with van der Waals surface area (Å²) in [5.74, 6) is -2.03. The summed E-state index contributed by atoms with van der Waals surface area (Å²) in [6.45, 7) is 2.64. The van der Waals surface area contributed by atoms with Crippen molar-refractivity contribution in [3.63, 3.8) is 0 Å². The van der Waals surface area contributed by atoms with Crippen molar-refractivity contribution in [2.75, 3.05) is 0 Å². The van der Waals surface area contributed by atoms with Crippen LogP contribution in [0.25, 0.3) is 0 Å². The van der Waals surface area contributed by atoms with E-state index < -0.39 is 34.4 Å². The van der Waals surface area contributed by atoms with E-state index in [9.17, 15) is 24.5 Å². The lowest BCUT2D eigenvalue weighted by molar-refractivity contribution is -0.384. The van der Waals surface area contributed by atoms with E-state index >= 15 is 0 Å². The molecule has 0 aromatic heterocycles. The molecule has 0 radical (unpaired) electrons. The minimum atomic E-state index is -1.46. The smallest absolute Gasteiger partial charge is 0.326 e. The lowest BCUT2D eigenvalue weighted by Crippen LogP contribution is -2.45. The summed E-state index contributed by atoms with van der Waals surface area (Å²) in [7, 11) is 0. The van der Waals surface area contributed by atoms with E-state index in [1.54, 1.807) is 0 Å². The number of aliphatic carboxylic acids is 1. The summed E-state index contributed by atoms with van der Waals surface area (Å²) in [4.78, 5) is 46.0. The molecule has 1 aromatic carbocycles. The summed E-state index contributed by atoms with van der Waals surface area (Å²) < 4.78 is 0. The molecule has 2 rings (SSSR count). The first-order chi connectivity index (χ1) is 10.2. The number of nitro benzene ring substituents is 1. The van der Waals surface area contributed by atoms with Crippen molar-refractivity contribution < 1.29 is 24.4 Å². The number of hydrogen-bond donors (Lipinski definition) is 2. The number of non-ortho nitro benzene ring substituents is 1. The molecule has 2 atom stereocenters. The lowest BCUT2D eigenvalue weighted by atomic mass is 9.91. The van der Waals surface area contributed by atoms with Gasteiger partial charge in [0.2, 0.25) is 0 Å². The third kappa shape index (κ3) is 2.26. The number of hydrogen-bond acceptors (Lipinski definition) is 5. The highest BCUT2D eigenvalue weighted by molar-refractivity contribution is 6.09. The Bertz CT molecular complexity index is 671. The van der Waals surface area contributed by atoms with E-state index in [4.69, 9.17) is 5.11 Å². The van der Waals surface area contributed by atoms with Crippen molar-refractivity contribution in [1.29, 1.82) is 0 Å². The molecule has 0 spiro atoms. The van der Waals surface area contributed by atoms with Crippen LogP contribution in [0.1, 0.15) is 19.4 Å². The van der Waals surface area contributed by atoms with Gasteiger partial charge in [-0.05, 0) is 31.5 Å². The monoisotopic (exact) mass is 307 g/mol. The number of nitrogens with zero attached hydrogens (tertiary/aromatic N) is 2. The zero-order valence-corrected chi connectivity index (χ0v) is 11.8. The first-order valence-corrected chi connectivity index (χ1v) is 6.32. The van der Waals surface area contributed by atoms with Gasteiger partial charge in [-0.3, -0.25) is 14.9 Å².